The van der Waals surface area contributed by atoms with Crippen molar-refractivity contribution in [2.24, 2.45) is 0 Å². The Morgan fingerprint density at radius 3 is 1.64 bits per heavy atom. The molecule has 0 heterocycles. The summed E-state index contributed by atoms with van der Waals surface area (Å²) in [6.45, 7) is 12.3. The molecular weight excluding hydrogens is 192 g/mol. The number of halogens is 1. The lowest BCUT2D eigenvalue weighted by Crippen LogP contribution is -1.86. The van der Waals surface area contributed by atoms with Gasteiger partial charge in [-0.15, -0.1) is 0 Å². The summed E-state index contributed by atoms with van der Waals surface area (Å²) in [6, 6.07) is 7.96. The predicted molar refractivity (Wildman–Crippen MR) is 68.2 cm³/mol. The molecule has 0 saturated heterocycles. The van der Waals surface area contributed by atoms with Gasteiger partial charge in [0.2, 0.25) is 0 Å². The highest BCUT2D eigenvalue weighted by atomic mass is 35.5. The molecule has 0 aromatic heterocycles. The van der Waals surface area contributed by atoms with Crippen LogP contribution in [-0.2, 0) is 0 Å². The summed E-state index contributed by atoms with van der Waals surface area (Å²) in [7, 11) is 0. The van der Waals surface area contributed by atoms with Gasteiger partial charge in [-0.05, 0) is 17.5 Å². The fourth-order valence-corrected chi connectivity index (χ4v) is 1.30. The number of hydrogen-bond donors (Lipinski definition) is 0. The molecule has 0 atom stereocenters. The van der Waals surface area contributed by atoms with Crippen molar-refractivity contribution in [3.05, 3.63) is 34.9 Å². The molecule has 1 heteroatoms. The van der Waals surface area contributed by atoms with Crippen LogP contribution in [0.25, 0.3) is 0 Å². The quantitative estimate of drug-likeness (QED) is 0.578. The fraction of sp³-hybridized carbons (Fsp3) is 0.538. The molecule has 0 unspecified atom stereocenters. The Hall–Kier alpha value is -0.490. The van der Waals surface area contributed by atoms with Crippen LogP contribution in [0.4, 0.5) is 0 Å². The van der Waals surface area contributed by atoms with Crippen molar-refractivity contribution < 1.29 is 0 Å². The monoisotopic (exact) mass is 214 g/mol. The first-order chi connectivity index (χ1) is 6.72. The van der Waals surface area contributed by atoms with E-state index in [1.807, 2.05) is 45.9 Å². The molecule has 0 aliphatic carbocycles. The van der Waals surface area contributed by atoms with Crippen molar-refractivity contribution in [3.63, 3.8) is 0 Å². The van der Waals surface area contributed by atoms with Crippen LogP contribution in [0, 0.1) is 0 Å². The maximum Gasteiger partial charge on any atom is 0.0440 e. The number of benzene rings is 1. The van der Waals surface area contributed by atoms with Gasteiger partial charge in [0.15, 0.2) is 0 Å². The molecule has 1 rings (SSSR count). The maximum atomic E-state index is 5.92. The summed E-state index contributed by atoms with van der Waals surface area (Å²) in [5, 5.41) is 0.873. The van der Waals surface area contributed by atoms with E-state index in [4.69, 9.17) is 11.6 Å². The first-order valence-electron chi connectivity index (χ1n) is 5.46. The topological polar surface area (TPSA) is 0 Å². The fourth-order valence-electron chi connectivity index (χ4n) is 0.943. The van der Waals surface area contributed by atoms with E-state index in [2.05, 4.69) is 19.9 Å². The van der Waals surface area contributed by atoms with Crippen LogP contribution in [0.3, 0.4) is 0 Å². The lowest BCUT2D eigenvalue weighted by Gasteiger charge is -2.05. The zero-order valence-corrected chi connectivity index (χ0v) is 11.0. The van der Waals surface area contributed by atoms with Crippen molar-refractivity contribution in [3.8, 4) is 0 Å². The van der Waals surface area contributed by atoms with Gasteiger partial charge in [0.05, 0.1) is 0 Å². The first kappa shape index (κ1) is 16.0. The molecular formula is C13H23Cl. The Labute approximate surface area is 94.3 Å². The first-order valence-corrected chi connectivity index (χ1v) is 5.84. The smallest absolute Gasteiger partial charge is 0.0440 e. The maximum absolute atomic E-state index is 5.92. The highest BCUT2D eigenvalue weighted by Crippen LogP contribution is 2.22. The van der Waals surface area contributed by atoms with Gasteiger partial charge in [0.25, 0.3) is 0 Å². The van der Waals surface area contributed by atoms with Crippen LogP contribution in [0.5, 0.6) is 0 Å². The summed E-state index contributed by atoms with van der Waals surface area (Å²) < 4.78 is 0. The van der Waals surface area contributed by atoms with Gasteiger partial charge in [0.1, 0.15) is 0 Å². The van der Waals surface area contributed by atoms with Gasteiger partial charge in [-0.1, -0.05) is 71.3 Å². The van der Waals surface area contributed by atoms with Crippen LogP contribution in [0.2, 0.25) is 5.02 Å². The summed E-state index contributed by atoms with van der Waals surface area (Å²) in [5.74, 6) is 0.522. The molecule has 0 bridgehead atoms. The molecule has 0 N–H and O–H groups in total. The standard InChI is InChI=1S/C9H11Cl.2C2H6/c1-7(2)8-5-3-4-6-9(8)10;2*1-2/h3-7H,1-2H3;2*1-2H3. The zero-order chi connectivity index (χ0) is 11.6. The lowest BCUT2D eigenvalue weighted by molar-refractivity contribution is 0.867. The highest BCUT2D eigenvalue weighted by molar-refractivity contribution is 6.31. The molecule has 82 valence electrons. The van der Waals surface area contributed by atoms with Gasteiger partial charge < -0.3 is 0 Å². The van der Waals surface area contributed by atoms with E-state index >= 15 is 0 Å². The molecule has 1 aromatic carbocycles. The second kappa shape index (κ2) is 10.6. The molecule has 0 aliphatic rings. The summed E-state index contributed by atoms with van der Waals surface area (Å²) in [4.78, 5) is 0. The Kier molecular flexibility index (Phi) is 12.1. The summed E-state index contributed by atoms with van der Waals surface area (Å²) in [6.07, 6.45) is 0. The predicted octanol–water partition coefficient (Wildman–Crippen LogP) is 5.52. The van der Waals surface area contributed by atoms with E-state index in [1.165, 1.54) is 5.56 Å². The van der Waals surface area contributed by atoms with E-state index in [9.17, 15) is 0 Å². The van der Waals surface area contributed by atoms with E-state index in [-0.39, 0.29) is 0 Å². The van der Waals surface area contributed by atoms with Gasteiger partial charge in [-0.25, -0.2) is 0 Å². The third-order valence-corrected chi connectivity index (χ3v) is 1.87. The van der Waals surface area contributed by atoms with Crippen molar-refractivity contribution in [2.45, 2.75) is 47.5 Å². The van der Waals surface area contributed by atoms with Crippen molar-refractivity contribution in [2.75, 3.05) is 0 Å². The van der Waals surface area contributed by atoms with Crippen LogP contribution >= 0.6 is 11.6 Å². The summed E-state index contributed by atoms with van der Waals surface area (Å²) in [5.41, 5.74) is 1.23. The van der Waals surface area contributed by atoms with Crippen LogP contribution in [0.15, 0.2) is 24.3 Å². The largest absolute Gasteiger partial charge is 0.0840 e. The number of hydrogen-bond acceptors (Lipinski definition) is 0. The van der Waals surface area contributed by atoms with Crippen molar-refractivity contribution in [1.82, 2.24) is 0 Å². The van der Waals surface area contributed by atoms with Crippen LogP contribution in [-0.4, -0.2) is 0 Å². The highest BCUT2D eigenvalue weighted by Gasteiger charge is 2.01. The Balaban J connectivity index is 0. The Morgan fingerprint density at radius 2 is 1.36 bits per heavy atom. The average Bonchev–Trinajstić information content (AvgIpc) is 2.24. The summed E-state index contributed by atoms with van der Waals surface area (Å²) >= 11 is 5.92. The van der Waals surface area contributed by atoms with Gasteiger partial charge >= 0.3 is 0 Å². The third-order valence-electron chi connectivity index (χ3n) is 1.53. The molecule has 0 aliphatic heterocycles. The van der Waals surface area contributed by atoms with Crippen molar-refractivity contribution >= 4 is 11.6 Å². The average molecular weight is 215 g/mol. The second-order valence-corrected chi connectivity index (χ2v) is 3.08. The van der Waals surface area contributed by atoms with Gasteiger partial charge in [0, 0.05) is 5.02 Å². The molecule has 0 saturated carbocycles. The minimum absolute atomic E-state index is 0.522. The minimum Gasteiger partial charge on any atom is -0.0840 e. The molecule has 14 heavy (non-hydrogen) atoms. The van der Waals surface area contributed by atoms with Crippen LogP contribution < -0.4 is 0 Å². The van der Waals surface area contributed by atoms with E-state index in [0.717, 1.165) is 5.02 Å². The lowest BCUT2D eigenvalue weighted by atomic mass is 10.0. The number of rotatable bonds is 1. The Morgan fingerprint density at radius 1 is 0.929 bits per heavy atom. The normalized spacial score (nSPS) is 8.29. The van der Waals surface area contributed by atoms with E-state index in [0.29, 0.717) is 5.92 Å². The molecule has 0 nitrogen and oxygen atoms in total. The molecule has 0 spiro atoms. The SMILES string of the molecule is CC.CC.CC(C)c1ccccc1Cl. The van der Waals surface area contributed by atoms with Gasteiger partial charge in [-0.2, -0.15) is 0 Å². The van der Waals surface area contributed by atoms with E-state index < -0.39 is 0 Å². The van der Waals surface area contributed by atoms with Gasteiger partial charge in [-0.3, -0.25) is 0 Å². The molecule has 0 radical (unpaired) electrons. The Bertz CT molecular complexity index is 216. The van der Waals surface area contributed by atoms with E-state index in [1.54, 1.807) is 0 Å². The zero-order valence-electron chi connectivity index (χ0n) is 10.3. The molecule has 0 amide bonds. The van der Waals surface area contributed by atoms with Crippen LogP contribution in [0.1, 0.15) is 53.0 Å². The minimum atomic E-state index is 0.522. The third kappa shape index (κ3) is 6.04. The van der Waals surface area contributed by atoms with Crippen molar-refractivity contribution in [1.29, 1.82) is 0 Å². The molecule has 1 aromatic rings. The second-order valence-electron chi connectivity index (χ2n) is 2.68. The molecule has 0 fully saturated rings.